The molecule has 0 atom stereocenters. The predicted molar refractivity (Wildman–Crippen MR) is 134 cm³/mol. The van der Waals surface area contributed by atoms with Gasteiger partial charge in [-0.05, 0) is 68.3 Å². The van der Waals surface area contributed by atoms with Crippen molar-refractivity contribution < 1.29 is 28.3 Å². The molecule has 3 amide bonds. The predicted octanol–water partition coefficient (Wildman–Crippen LogP) is 3.08. The number of ether oxygens (including phenoxy) is 2. The van der Waals surface area contributed by atoms with Crippen LogP contribution in [0, 0.1) is 13.8 Å². The fourth-order valence-electron chi connectivity index (χ4n) is 3.15. The average Bonchev–Trinajstić information content (AvgIpc) is 3.37. The van der Waals surface area contributed by atoms with Crippen LogP contribution in [0.15, 0.2) is 64.3 Å². The quantitative estimate of drug-likeness (QED) is 0.226. The van der Waals surface area contributed by atoms with Gasteiger partial charge in [0.25, 0.3) is 5.91 Å². The lowest BCUT2D eigenvalue weighted by molar-refractivity contribution is -0.139. The van der Waals surface area contributed by atoms with E-state index < -0.39 is 11.8 Å². The molecular formula is C26H28N4O6. The van der Waals surface area contributed by atoms with E-state index in [1.54, 1.807) is 30.3 Å². The van der Waals surface area contributed by atoms with Crippen LogP contribution in [0.1, 0.15) is 29.4 Å². The lowest BCUT2D eigenvalue weighted by Gasteiger charge is -2.13. The van der Waals surface area contributed by atoms with Gasteiger partial charge in [0.1, 0.15) is 5.76 Å². The summed E-state index contributed by atoms with van der Waals surface area (Å²) in [4.78, 5) is 36.1. The summed E-state index contributed by atoms with van der Waals surface area (Å²) in [6.45, 7) is 5.99. The van der Waals surface area contributed by atoms with Crippen molar-refractivity contribution in [1.82, 2.24) is 10.7 Å². The second-order valence-corrected chi connectivity index (χ2v) is 7.76. The number of benzene rings is 2. The van der Waals surface area contributed by atoms with E-state index in [0.717, 1.165) is 16.8 Å². The van der Waals surface area contributed by atoms with Gasteiger partial charge in [0.2, 0.25) is 0 Å². The zero-order valence-electron chi connectivity index (χ0n) is 20.3. The van der Waals surface area contributed by atoms with Crippen LogP contribution >= 0.6 is 0 Å². The smallest absolute Gasteiger partial charge is 0.329 e. The van der Waals surface area contributed by atoms with Crippen molar-refractivity contribution in [3.63, 3.8) is 0 Å². The van der Waals surface area contributed by atoms with Crippen LogP contribution in [0.4, 0.5) is 5.69 Å². The summed E-state index contributed by atoms with van der Waals surface area (Å²) in [5.41, 5.74) is 5.54. The van der Waals surface area contributed by atoms with Gasteiger partial charge in [-0.2, -0.15) is 5.10 Å². The number of hydrazone groups is 1. The van der Waals surface area contributed by atoms with Gasteiger partial charge in [0.15, 0.2) is 18.1 Å². The van der Waals surface area contributed by atoms with E-state index >= 15 is 0 Å². The fourth-order valence-corrected chi connectivity index (χ4v) is 3.15. The van der Waals surface area contributed by atoms with Crippen molar-refractivity contribution in [3.8, 4) is 11.5 Å². The van der Waals surface area contributed by atoms with Crippen molar-refractivity contribution in [2.24, 2.45) is 5.10 Å². The Hall–Kier alpha value is -4.60. The number of furan rings is 1. The third kappa shape index (κ3) is 7.73. The highest BCUT2D eigenvalue weighted by Crippen LogP contribution is 2.28. The average molecular weight is 493 g/mol. The van der Waals surface area contributed by atoms with E-state index in [1.165, 1.54) is 12.5 Å². The lowest BCUT2D eigenvalue weighted by Crippen LogP contribution is -2.37. The van der Waals surface area contributed by atoms with Gasteiger partial charge in [0.05, 0.1) is 25.6 Å². The van der Waals surface area contributed by atoms with E-state index in [-0.39, 0.29) is 19.1 Å². The summed E-state index contributed by atoms with van der Waals surface area (Å²) < 4.78 is 16.4. The van der Waals surface area contributed by atoms with Crippen LogP contribution in [0.25, 0.3) is 0 Å². The van der Waals surface area contributed by atoms with Gasteiger partial charge in [-0.15, -0.1) is 0 Å². The Balaban J connectivity index is 1.53. The number of nitrogens with one attached hydrogen (secondary N) is 3. The summed E-state index contributed by atoms with van der Waals surface area (Å²) in [7, 11) is 0. The molecular weight excluding hydrogens is 464 g/mol. The largest absolute Gasteiger partial charge is 0.490 e. The maximum absolute atomic E-state index is 12.4. The number of hydrogen-bond acceptors (Lipinski definition) is 7. The molecule has 0 aliphatic carbocycles. The first-order valence-electron chi connectivity index (χ1n) is 11.3. The van der Waals surface area contributed by atoms with Crippen molar-refractivity contribution in [2.45, 2.75) is 27.3 Å². The molecule has 0 aliphatic rings. The van der Waals surface area contributed by atoms with Crippen LogP contribution in [-0.2, 0) is 20.9 Å². The molecule has 36 heavy (non-hydrogen) atoms. The summed E-state index contributed by atoms with van der Waals surface area (Å²) in [5.74, 6) is -0.760. The second-order valence-electron chi connectivity index (χ2n) is 7.76. The third-order valence-electron chi connectivity index (χ3n) is 4.87. The zero-order chi connectivity index (χ0) is 25.9. The first-order chi connectivity index (χ1) is 17.4. The number of carbonyl (C=O) groups excluding carboxylic acids is 3. The summed E-state index contributed by atoms with van der Waals surface area (Å²) in [5, 5.41) is 9.06. The monoisotopic (exact) mass is 492 g/mol. The third-order valence-corrected chi connectivity index (χ3v) is 4.87. The molecule has 0 bridgehead atoms. The molecule has 188 valence electrons. The van der Waals surface area contributed by atoms with Crippen molar-refractivity contribution in [3.05, 3.63) is 77.2 Å². The molecule has 0 aliphatic heterocycles. The van der Waals surface area contributed by atoms with Gasteiger partial charge in [-0.1, -0.05) is 17.7 Å². The minimum absolute atomic E-state index is 0.0881. The van der Waals surface area contributed by atoms with E-state index in [2.05, 4.69) is 21.2 Å². The molecule has 10 heteroatoms. The first-order valence-corrected chi connectivity index (χ1v) is 11.3. The van der Waals surface area contributed by atoms with E-state index in [9.17, 15) is 14.4 Å². The van der Waals surface area contributed by atoms with Gasteiger partial charge >= 0.3 is 11.8 Å². The maximum atomic E-state index is 12.4. The van der Waals surface area contributed by atoms with Gasteiger partial charge in [-0.25, -0.2) is 5.43 Å². The Bertz CT molecular complexity index is 1240. The van der Waals surface area contributed by atoms with Crippen molar-refractivity contribution in [1.29, 1.82) is 0 Å². The first kappa shape index (κ1) is 26.0. The Labute approximate surface area is 208 Å². The number of carbonyl (C=O) groups is 3. The molecule has 3 rings (SSSR count). The maximum Gasteiger partial charge on any atom is 0.329 e. The summed E-state index contributed by atoms with van der Waals surface area (Å²) in [6, 6.07) is 14.1. The SMILES string of the molecule is CCOc1cc(/C=N\NC(=O)C(=O)NCc2ccco2)ccc1OCC(=O)Nc1ccc(C)cc1C. The van der Waals surface area contributed by atoms with Gasteiger partial charge in [0, 0.05) is 5.69 Å². The molecule has 0 radical (unpaired) electrons. The molecule has 3 N–H and O–H groups in total. The van der Waals surface area contributed by atoms with E-state index in [4.69, 9.17) is 13.9 Å². The summed E-state index contributed by atoms with van der Waals surface area (Å²) in [6.07, 6.45) is 2.83. The topological polar surface area (TPSA) is 131 Å². The lowest BCUT2D eigenvalue weighted by atomic mass is 10.1. The molecule has 2 aromatic carbocycles. The number of rotatable bonds is 10. The number of amides is 3. The fraction of sp³-hybridized carbons (Fsp3) is 0.231. The number of aryl methyl sites for hydroxylation is 2. The Morgan fingerprint density at radius 3 is 2.56 bits per heavy atom. The summed E-state index contributed by atoms with van der Waals surface area (Å²) >= 11 is 0. The Morgan fingerprint density at radius 2 is 1.83 bits per heavy atom. The van der Waals surface area contributed by atoms with Crippen LogP contribution < -0.4 is 25.5 Å². The molecule has 0 saturated carbocycles. The molecule has 0 spiro atoms. The van der Waals surface area contributed by atoms with Crippen LogP contribution in [0.2, 0.25) is 0 Å². The van der Waals surface area contributed by atoms with E-state index in [1.807, 2.05) is 39.0 Å². The normalized spacial score (nSPS) is 10.6. The number of hydrogen-bond donors (Lipinski definition) is 3. The minimum Gasteiger partial charge on any atom is -0.490 e. The number of anilines is 1. The number of nitrogens with zero attached hydrogens (tertiary/aromatic N) is 1. The van der Waals surface area contributed by atoms with Crippen LogP contribution in [0.3, 0.4) is 0 Å². The zero-order valence-corrected chi connectivity index (χ0v) is 20.3. The van der Waals surface area contributed by atoms with Crippen molar-refractivity contribution in [2.75, 3.05) is 18.5 Å². The molecule has 10 nitrogen and oxygen atoms in total. The molecule has 1 heterocycles. The Morgan fingerprint density at radius 1 is 1.00 bits per heavy atom. The Kier molecular flexibility index (Phi) is 9.21. The standard InChI is InChI=1S/C26H28N4O6/c1-4-34-23-13-19(14-28-30-26(33)25(32)27-15-20-6-5-11-35-20)8-10-22(23)36-16-24(31)29-21-9-7-17(2)12-18(21)3/h5-14H,4,15-16H2,1-3H3,(H,27,32)(H,29,31)(H,30,33)/b28-14-. The second kappa shape index (κ2) is 12.7. The highest BCUT2D eigenvalue weighted by Gasteiger charge is 2.13. The van der Waals surface area contributed by atoms with E-state index in [0.29, 0.717) is 29.4 Å². The minimum atomic E-state index is -0.919. The molecule has 0 fully saturated rings. The van der Waals surface area contributed by atoms with Crippen LogP contribution in [0.5, 0.6) is 11.5 Å². The van der Waals surface area contributed by atoms with Crippen LogP contribution in [-0.4, -0.2) is 37.1 Å². The van der Waals surface area contributed by atoms with Crippen molar-refractivity contribution >= 4 is 29.6 Å². The highest BCUT2D eigenvalue weighted by atomic mass is 16.5. The van der Waals surface area contributed by atoms with Gasteiger partial charge in [-0.3, -0.25) is 14.4 Å². The molecule has 1 aromatic heterocycles. The molecule has 0 saturated heterocycles. The van der Waals surface area contributed by atoms with Gasteiger partial charge < -0.3 is 24.5 Å². The highest BCUT2D eigenvalue weighted by molar-refractivity contribution is 6.35. The molecule has 0 unspecified atom stereocenters. The molecule has 3 aromatic rings.